The van der Waals surface area contributed by atoms with E-state index in [0.29, 0.717) is 0 Å². The molecule has 5 rings (SSSR count). The molecular formula is C22H20N2OS. The van der Waals surface area contributed by atoms with E-state index in [1.165, 1.54) is 31.3 Å². The van der Waals surface area contributed by atoms with Crippen LogP contribution in [0, 0.1) is 0 Å². The van der Waals surface area contributed by atoms with Crippen LogP contribution in [0.5, 0.6) is 0 Å². The second kappa shape index (κ2) is 6.80. The van der Waals surface area contributed by atoms with E-state index in [4.69, 9.17) is 9.72 Å². The van der Waals surface area contributed by atoms with Crippen LogP contribution in [0.1, 0.15) is 5.56 Å². The summed E-state index contributed by atoms with van der Waals surface area (Å²) in [5.74, 6) is 0. The van der Waals surface area contributed by atoms with Gasteiger partial charge in [-0.15, -0.1) is 11.3 Å². The molecule has 0 saturated carbocycles. The predicted octanol–water partition coefficient (Wildman–Crippen LogP) is 4.95. The van der Waals surface area contributed by atoms with Gasteiger partial charge in [-0.1, -0.05) is 30.3 Å². The van der Waals surface area contributed by atoms with Gasteiger partial charge in [-0.2, -0.15) is 0 Å². The zero-order valence-corrected chi connectivity index (χ0v) is 15.3. The Hall–Kier alpha value is -2.27. The number of rotatable bonds is 3. The number of hydrogen-bond acceptors (Lipinski definition) is 4. The monoisotopic (exact) mass is 360 g/mol. The first-order valence-electron chi connectivity index (χ1n) is 9.03. The number of thiophene rings is 1. The Morgan fingerprint density at radius 1 is 0.923 bits per heavy atom. The van der Waals surface area contributed by atoms with Gasteiger partial charge in [0.2, 0.25) is 0 Å². The molecule has 26 heavy (non-hydrogen) atoms. The Balaban J connectivity index is 1.44. The fourth-order valence-corrected chi connectivity index (χ4v) is 4.68. The molecule has 4 heteroatoms. The third-order valence-corrected chi connectivity index (χ3v) is 6.16. The first-order valence-corrected chi connectivity index (χ1v) is 9.85. The van der Waals surface area contributed by atoms with Crippen LogP contribution in [0.4, 0.5) is 0 Å². The summed E-state index contributed by atoms with van der Waals surface area (Å²) in [4.78, 5) is 7.15. The highest BCUT2D eigenvalue weighted by molar-refractivity contribution is 7.25. The summed E-state index contributed by atoms with van der Waals surface area (Å²) in [6, 6.07) is 19.6. The molecular weight excluding hydrogens is 340 g/mol. The summed E-state index contributed by atoms with van der Waals surface area (Å²) in [6.45, 7) is 4.62. The van der Waals surface area contributed by atoms with E-state index in [1.807, 2.05) is 17.5 Å². The Bertz CT molecular complexity index is 1050. The molecule has 0 radical (unpaired) electrons. The minimum Gasteiger partial charge on any atom is -0.379 e. The molecule has 0 spiro atoms. The molecule has 4 aromatic rings. The van der Waals surface area contributed by atoms with Gasteiger partial charge in [0.25, 0.3) is 0 Å². The topological polar surface area (TPSA) is 25.4 Å². The van der Waals surface area contributed by atoms with E-state index in [1.54, 1.807) is 0 Å². The van der Waals surface area contributed by atoms with Crippen molar-refractivity contribution in [2.45, 2.75) is 6.54 Å². The van der Waals surface area contributed by atoms with Crippen molar-refractivity contribution in [2.75, 3.05) is 26.3 Å². The second-order valence-corrected chi connectivity index (χ2v) is 7.83. The van der Waals surface area contributed by atoms with E-state index >= 15 is 0 Å². The molecule has 0 bridgehead atoms. The Kier molecular flexibility index (Phi) is 4.17. The molecule has 2 aromatic carbocycles. The van der Waals surface area contributed by atoms with Gasteiger partial charge in [0.15, 0.2) is 0 Å². The number of morpholine rings is 1. The average molecular weight is 360 g/mol. The minimum absolute atomic E-state index is 0.833. The van der Waals surface area contributed by atoms with Gasteiger partial charge in [-0.25, -0.2) is 0 Å². The second-order valence-electron chi connectivity index (χ2n) is 6.75. The molecule has 0 aliphatic carbocycles. The number of fused-ring (bicyclic) bond motifs is 3. The molecule has 0 atom stereocenters. The van der Waals surface area contributed by atoms with E-state index in [-0.39, 0.29) is 0 Å². The third-order valence-electron chi connectivity index (χ3n) is 5.01. The van der Waals surface area contributed by atoms with Gasteiger partial charge in [-0.05, 0) is 29.8 Å². The van der Waals surface area contributed by atoms with Crippen LogP contribution in [-0.4, -0.2) is 36.2 Å². The standard InChI is InChI=1S/C22H20N2OS/c1-2-4-21-18(3-1)19-13-17(6-8-22(19)26-21)20-7-5-16(14-23-20)15-24-9-11-25-12-10-24/h1-8,13-14H,9-12,15H2. The van der Waals surface area contributed by atoms with Crippen molar-refractivity contribution < 1.29 is 4.74 Å². The molecule has 1 aliphatic rings. The molecule has 3 heterocycles. The average Bonchev–Trinajstić information content (AvgIpc) is 3.07. The van der Waals surface area contributed by atoms with Gasteiger partial charge in [-0.3, -0.25) is 9.88 Å². The molecule has 2 aromatic heterocycles. The van der Waals surface area contributed by atoms with E-state index < -0.39 is 0 Å². The summed E-state index contributed by atoms with van der Waals surface area (Å²) >= 11 is 1.85. The summed E-state index contributed by atoms with van der Waals surface area (Å²) in [5.41, 5.74) is 3.48. The number of benzene rings is 2. The molecule has 3 nitrogen and oxygen atoms in total. The van der Waals surface area contributed by atoms with Crippen LogP contribution in [0.3, 0.4) is 0 Å². The summed E-state index contributed by atoms with van der Waals surface area (Å²) in [5, 5.41) is 2.65. The fraction of sp³-hybridized carbons (Fsp3) is 0.227. The zero-order chi connectivity index (χ0) is 17.3. The highest BCUT2D eigenvalue weighted by Gasteiger charge is 2.11. The minimum atomic E-state index is 0.833. The fourth-order valence-electron chi connectivity index (χ4n) is 3.59. The molecule has 1 fully saturated rings. The molecule has 130 valence electrons. The Morgan fingerprint density at radius 3 is 2.62 bits per heavy atom. The van der Waals surface area contributed by atoms with Crippen LogP contribution in [0.25, 0.3) is 31.4 Å². The normalized spacial score (nSPS) is 15.7. The SMILES string of the molecule is c1ccc2c(c1)sc1ccc(-c3ccc(CN4CCOCC4)cn3)cc12. The molecule has 0 N–H and O–H groups in total. The van der Waals surface area contributed by atoms with Gasteiger partial charge < -0.3 is 4.74 Å². The smallest absolute Gasteiger partial charge is 0.0702 e. The Morgan fingerprint density at radius 2 is 1.77 bits per heavy atom. The maximum atomic E-state index is 5.42. The predicted molar refractivity (Wildman–Crippen MR) is 109 cm³/mol. The summed E-state index contributed by atoms with van der Waals surface area (Å²) in [6.07, 6.45) is 2.01. The van der Waals surface area contributed by atoms with Crippen LogP contribution in [0.2, 0.25) is 0 Å². The number of hydrogen-bond donors (Lipinski definition) is 0. The van der Waals surface area contributed by atoms with Crippen molar-refractivity contribution in [2.24, 2.45) is 0 Å². The van der Waals surface area contributed by atoms with Crippen LogP contribution in [-0.2, 0) is 11.3 Å². The van der Waals surface area contributed by atoms with Gasteiger partial charge in [0.1, 0.15) is 0 Å². The van der Waals surface area contributed by atoms with Crippen molar-refractivity contribution >= 4 is 31.5 Å². The van der Waals surface area contributed by atoms with Crippen molar-refractivity contribution in [1.29, 1.82) is 0 Å². The highest BCUT2D eigenvalue weighted by Crippen LogP contribution is 2.35. The lowest BCUT2D eigenvalue weighted by molar-refractivity contribution is 0.0341. The van der Waals surface area contributed by atoms with Gasteiger partial charge in [0, 0.05) is 51.6 Å². The quantitative estimate of drug-likeness (QED) is 0.517. The molecule has 1 saturated heterocycles. The lowest BCUT2D eigenvalue weighted by Gasteiger charge is -2.26. The van der Waals surface area contributed by atoms with Crippen molar-refractivity contribution in [1.82, 2.24) is 9.88 Å². The summed E-state index contributed by atoms with van der Waals surface area (Å²) in [7, 11) is 0. The van der Waals surface area contributed by atoms with Crippen molar-refractivity contribution in [3.05, 3.63) is 66.4 Å². The lowest BCUT2D eigenvalue weighted by atomic mass is 10.1. The third kappa shape index (κ3) is 3.01. The lowest BCUT2D eigenvalue weighted by Crippen LogP contribution is -2.35. The maximum Gasteiger partial charge on any atom is 0.0702 e. The first-order chi connectivity index (χ1) is 12.9. The number of ether oxygens (including phenoxy) is 1. The van der Waals surface area contributed by atoms with E-state index in [2.05, 4.69) is 59.5 Å². The van der Waals surface area contributed by atoms with E-state index in [0.717, 1.165) is 38.5 Å². The maximum absolute atomic E-state index is 5.42. The zero-order valence-electron chi connectivity index (χ0n) is 14.5. The highest BCUT2D eigenvalue weighted by atomic mass is 32.1. The van der Waals surface area contributed by atoms with Gasteiger partial charge >= 0.3 is 0 Å². The Labute approximate surface area is 156 Å². The van der Waals surface area contributed by atoms with Gasteiger partial charge in [0.05, 0.1) is 18.9 Å². The molecule has 0 unspecified atom stereocenters. The van der Waals surface area contributed by atoms with Crippen molar-refractivity contribution in [3.8, 4) is 11.3 Å². The first kappa shape index (κ1) is 15.9. The molecule has 0 amide bonds. The number of pyridine rings is 1. The van der Waals surface area contributed by atoms with Crippen LogP contribution < -0.4 is 0 Å². The number of aromatic nitrogens is 1. The largest absolute Gasteiger partial charge is 0.379 e. The van der Waals surface area contributed by atoms with Crippen molar-refractivity contribution in [3.63, 3.8) is 0 Å². The summed E-state index contributed by atoms with van der Waals surface area (Å²) < 4.78 is 8.09. The van der Waals surface area contributed by atoms with E-state index in [9.17, 15) is 0 Å². The number of nitrogens with zero attached hydrogens (tertiary/aromatic N) is 2. The van der Waals surface area contributed by atoms with Crippen LogP contribution >= 0.6 is 11.3 Å². The molecule has 1 aliphatic heterocycles. The van der Waals surface area contributed by atoms with Crippen LogP contribution in [0.15, 0.2) is 60.8 Å².